The van der Waals surface area contributed by atoms with E-state index in [0.717, 1.165) is 16.6 Å². The Bertz CT molecular complexity index is 766. The summed E-state index contributed by atoms with van der Waals surface area (Å²) < 4.78 is 43.0. The molecule has 0 amide bonds. The van der Waals surface area contributed by atoms with Crippen LogP contribution in [-0.4, -0.2) is 25.0 Å². The van der Waals surface area contributed by atoms with Crippen molar-refractivity contribution in [2.75, 3.05) is 5.84 Å². The standard InChI is InChI=1S/C10H7F3N6OS2/c11-10(12,13)8-16-17-9(19(8)14)22-4-6-15-7(18-20-6)5-2-1-3-21-5/h1-3H,4,14H2. The van der Waals surface area contributed by atoms with Crippen LogP contribution < -0.4 is 5.84 Å². The fourth-order valence-electron chi connectivity index (χ4n) is 1.51. The molecule has 2 N–H and O–H groups in total. The third-order valence-electron chi connectivity index (χ3n) is 2.45. The van der Waals surface area contributed by atoms with Gasteiger partial charge >= 0.3 is 6.18 Å². The first-order valence-electron chi connectivity index (χ1n) is 5.72. The van der Waals surface area contributed by atoms with Crippen molar-refractivity contribution in [3.63, 3.8) is 0 Å². The van der Waals surface area contributed by atoms with Crippen molar-refractivity contribution in [1.82, 2.24) is 25.0 Å². The fourth-order valence-corrected chi connectivity index (χ4v) is 2.86. The molecule has 0 bridgehead atoms. The second-order valence-corrected chi connectivity index (χ2v) is 5.84. The predicted octanol–water partition coefficient (Wildman–Crippen LogP) is 2.41. The number of alkyl halides is 3. The Hall–Kier alpha value is -2.08. The first kappa shape index (κ1) is 14.8. The van der Waals surface area contributed by atoms with E-state index in [2.05, 4.69) is 20.3 Å². The van der Waals surface area contributed by atoms with Crippen molar-refractivity contribution in [2.45, 2.75) is 17.1 Å². The number of thiophene rings is 1. The Morgan fingerprint density at radius 3 is 2.82 bits per heavy atom. The highest BCUT2D eigenvalue weighted by Gasteiger charge is 2.38. The number of hydrogen-bond donors (Lipinski definition) is 1. The lowest BCUT2D eigenvalue weighted by molar-refractivity contribution is -0.146. The molecular formula is C10H7F3N6OS2. The van der Waals surface area contributed by atoms with E-state index < -0.39 is 12.0 Å². The molecule has 0 aliphatic carbocycles. The molecule has 0 aliphatic rings. The number of halogens is 3. The van der Waals surface area contributed by atoms with E-state index in [1.54, 1.807) is 0 Å². The summed E-state index contributed by atoms with van der Waals surface area (Å²) in [5.74, 6) is 4.87. The van der Waals surface area contributed by atoms with E-state index >= 15 is 0 Å². The summed E-state index contributed by atoms with van der Waals surface area (Å²) >= 11 is 2.37. The SMILES string of the molecule is Nn1c(SCc2nc(-c3cccs3)no2)nnc1C(F)(F)F. The zero-order chi connectivity index (χ0) is 15.7. The van der Waals surface area contributed by atoms with Gasteiger partial charge in [-0.25, -0.2) is 4.68 Å². The van der Waals surface area contributed by atoms with Crippen molar-refractivity contribution in [3.05, 3.63) is 29.2 Å². The molecule has 3 rings (SSSR count). The average Bonchev–Trinajstić information content (AvgIpc) is 3.16. The quantitative estimate of drug-likeness (QED) is 0.571. The van der Waals surface area contributed by atoms with Gasteiger partial charge in [0.2, 0.25) is 16.9 Å². The Morgan fingerprint density at radius 1 is 1.36 bits per heavy atom. The normalized spacial score (nSPS) is 12.0. The molecule has 3 heterocycles. The third-order valence-corrected chi connectivity index (χ3v) is 4.25. The molecule has 0 spiro atoms. The number of nitrogen functional groups attached to an aromatic ring is 1. The number of thioether (sulfide) groups is 1. The number of rotatable bonds is 4. The molecule has 3 aromatic rings. The van der Waals surface area contributed by atoms with Gasteiger partial charge in [0.1, 0.15) is 0 Å². The lowest BCUT2D eigenvalue weighted by Gasteiger charge is -2.05. The van der Waals surface area contributed by atoms with Crippen LogP contribution in [0.4, 0.5) is 13.2 Å². The third kappa shape index (κ3) is 2.92. The number of hydrogen-bond acceptors (Lipinski definition) is 8. The lowest BCUT2D eigenvalue weighted by Crippen LogP contribution is -2.21. The van der Waals surface area contributed by atoms with Crippen molar-refractivity contribution < 1.29 is 17.7 Å². The summed E-state index contributed by atoms with van der Waals surface area (Å²) in [5.41, 5.74) is 0. The molecule has 0 saturated carbocycles. The fraction of sp³-hybridized carbons (Fsp3) is 0.200. The Labute approximate surface area is 129 Å². The van der Waals surface area contributed by atoms with Crippen LogP contribution in [0.3, 0.4) is 0 Å². The predicted molar refractivity (Wildman–Crippen MR) is 72.3 cm³/mol. The van der Waals surface area contributed by atoms with Crippen molar-refractivity contribution in [2.24, 2.45) is 0 Å². The number of nitrogens with two attached hydrogens (primary N) is 1. The monoisotopic (exact) mass is 348 g/mol. The summed E-state index contributed by atoms with van der Waals surface area (Å²) in [7, 11) is 0. The zero-order valence-corrected chi connectivity index (χ0v) is 12.2. The highest BCUT2D eigenvalue weighted by atomic mass is 32.2. The van der Waals surface area contributed by atoms with Crippen LogP contribution in [0.15, 0.2) is 27.2 Å². The van der Waals surface area contributed by atoms with Crippen LogP contribution in [0.25, 0.3) is 10.7 Å². The maximum atomic E-state index is 12.5. The minimum atomic E-state index is -4.66. The van der Waals surface area contributed by atoms with Crippen LogP contribution in [0.5, 0.6) is 0 Å². The zero-order valence-electron chi connectivity index (χ0n) is 10.6. The van der Waals surface area contributed by atoms with Crippen LogP contribution >= 0.6 is 23.1 Å². The Morgan fingerprint density at radius 2 is 2.18 bits per heavy atom. The molecule has 7 nitrogen and oxygen atoms in total. The van der Waals surface area contributed by atoms with Crippen LogP contribution in [-0.2, 0) is 11.9 Å². The van der Waals surface area contributed by atoms with Gasteiger partial charge in [-0.05, 0) is 11.4 Å². The maximum absolute atomic E-state index is 12.5. The Kier molecular flexibility index (Phi) is 3.78. The van der Waals surface area contributed by atoms with Gasteiger partial charge in [0, 0.05) is 0 Å². The molecule has 22 heavy (non-hydrogen) atoms. The lowest BCUT2D eigenvalue weighted by atomic mass is 10.4. The summed E-state index contributed by atoms with van der Waals surface area (Å²) in [6.07, 6.45) is -4.66. The second-order valence-electron chi connectivity index (χ2n) is 3.95. The van der Waals surface area contributed by atoms with Crippen LogP contribution in [0.2, 0.25) is 0 Å². The summed E-state index contributed by atoms with van der Waals surface area (Å²) in [6, 6.07) is 3.68. The molecule has 3 aromatic heterocycles. The summed E-state index contributed by atoms with van der Waals surface area (Å²) in [4.78, 5) is 4.98. The van der Waals surface area contributed by atoms with E-state index in [1.807, 2.05) is 17.5 Å². The topological polar surface area (TPSA) is 95.7 Å². The highest BCUT2D eigenvalue weighted by molar-refractivity contribution is 7.98. The molecule has 0 radical (unpaired) electrons. The molecule has 0 fully saturated rings. The molecule has 0 aliphatic heterocycles. The molecule has 0 saturated heterocycles. The van der Waals surface area contributed by atoms with Gasteiger partial charge in [0.05, 0.1) is 10.6 Å². The average molecular weight is 348 g/mol. The molecule has 0 unspecified atom stereocenters. The smallest absolute Gasteiger partial charge is 0.338 e. The summed E-state index contributed by atoms with van der Waals surface area (Å²) in [5, 5.41) is 12.0. The Balaban J connectivity index is 1.70. The van der Waals surface area contributed by atoms with E-state index in [9.17, 15) is 13.2 Å². The first-order valence-corrected chi connectivity index (χ1v) is 7.58. The molecular weight excluding hydrogens is 341 g/mol. The number of aromatic nitrogens is 5. The molecule has 12 heteroatoms. The minimum absolute atomic E-state index is 0.0943. The van der Waals surface area contributed by atoms with Crippen molar-refractivity contribution in [1.29, 1.82) is 0 Å². The molecule has 116 valence electrons. The van der Waals surface area contributed by atoms with Gasteiger partial charge in [0.25, 0.3) is 5.82 Å². The van der Waals surface area contributed by atoms with Gasteiger partial charge in [-0.2, -0.15) is 18.2 Å². The number of nitrogens with zero attached hydrogens (tertiary/aromatic N) is 5. The van der Waals surface area contributed by atoms with Crippen molar-refractivity contribution >= 4 is 23.1 Å². The van der Waals surface area contributed by atoms with E-state index in [4.69, 9.17) is 10.4 Å². The van der Waals surface area contributed by atoms with Gasteiger partial charge in [-0.15, -0.1) is 21.5 Å². The van der Waals surface area contributed by atoms with E-state index in [0.29, 0.717) is 10.5 Å². The first-order chi connectivity index (χ1) is 10.4. The van der Waals surface area contributed by atoms with Gasteiger partial charge in [-0.3, -0.25) is 0 Å². The van der Waals surface area contributed by atoms with E-state index in [-0.39, 0.29) is 16.8 Å². The summed E-state index contributed by atoms with van der Waals surface area (Å²) in [6.45, 7) is 0. The highest BCUT2D eigenvalue weighted by Crippen LogP contribution is 2.30. The molecule has 0 atom stereocenters. The van der Waals surface area contributed by atoms with Crippen molar-refractivity contribution in [3.8, 4) is 10.7 Å². The van der Waals surface area contributed by atoms with Crippen LogP contribution in [0, 0.1) is 0 Å². The minimum Gasteiger partial charge on any atom is -0.338 e. The van der Waals surface area contributed by atoms with Gasteiger partial charge < -0.3 is 10.4 Å². The van der Waals surface area contributed by atoms with Gasteiger partial charge in [-0.1, -0.05) is 23.0 Å². The second kappa shape index (κ2) is 5.61. The van der Waals surface area contributed by atoms with Gasteiger partial charge in [0.15, 0.2) is 0 Å². The molecule has 0 aromatic carbocycles. The largest absolute Gasteiger partial charge is 0.453 e. The van der Waals surface area contributed by atoms with E-state index in [1.165, 1.54) is 11.3 Å². The van der Waals surface area contributed by atoms with Crippen LogP contribution in [0.1, 0.15) is 11.7 Å². The maximum Gasteiger partial charge on any atom is 0.453 e.